The molecule has 0 fully saturated rings. The second-order valence-electron chi connectivity index (χ2n) is 2.19. The highest BCUT2D eigenvalue weighted by Crippen LogP contribution is 2.12. The van der Waals surface area contributed by atoms with E-state index in [1.165, 1.54) is 5.56 Å². The van der Waals surface area contributed by atoms with E-state index in [9.17, 15) is 0 Å². The van der Waals surface area contributed by atoms with Gasteiger partial charge in [-0.15, -0.1) is 5.26 Å². The van der Waals surface area contributed by atoms with Crippen molar-refractivity contribution in [1.82, 2.24) is 0 Å². The van der Waals surface area contributed by atoms with Crippen LogP contribution < -0.4 is 4.74 Å². The van der Waals surface area contributed by atoms with E-state index in [4.69, 9.17) is 5.26 Å². The normalized spacial score (nSPS) is 8.73. The number of nitriles is 1. The van der Waals surface area contributed by atoms with Gasteiger partial charge in [-0.05, 0) is 24.1 Å². The van der Waals surface area contributed by atoms with E-state index in [0.29, 0.717) is 5.75 Å². The lowest BCUT2D eigenvalue weighted by Gasteiger charge is -1.97. The highest BCUT2D eigenvalue weighted by molar-refractivity contribution is 5.29. The highest BCUT2D eigenvalue weighted by atomic mass is 16.5. The Morgan fingerprint density at radius 2 is 2.36 bits per heavy atom. The SMILES string of the molecule is CCc1cccc(OC#N)c1. The van der Waals surface area contributed by atoms with E-state index in [1.54, 1.807) is 12.3 Å². The van der Waals surface area contributed by atoms with Gasteiger partial charge in [0.2, 0.25) is 0 Å². The Bertz CT molecular complexity index is 275. The summed E-state index contributed by atoms with van der Waals surface area (Å²) in [6.45, 7) is 2.06. The van der Waals surface area contributed by atoms with Crippen molar-refractivity contribution in [2.45, 2.75) is 13.3 Å². The molecule has 1 rings (SSSR count). The zero-order chi connectivity index (χ0) is 8.10. The van der Waals surface area contributed by atoms with Crippen molar-refractivity contribution < 1.29 is 4.74 Å². The molecule has 2 heteroatoms. The molecular weight excluding hydrogens is 138 g/mol. The molecule has 0 aliphatic heterocycles. The molecule has 0 N–H and O–H groups in total. The quantitative estimate of drug-likeness (QED) is 0.600. The van der Waals surface area contributed by atoms with Crippen LogP contribution in [0.5, 0.6) is 5.75 Å². The molecule has 1 aromatic carbocycles. The second kappa shape index (κ2) is 3.62. The number of benzene rings is 1. The van der Waals surface area contributed by atoms with E-state index < -0.39 is 0 Å². The van der Waals surface area contributed by atoms with E-state index in [1.807, 2.05) is 18.2 Å². The third-order valence-electron chi connectivity index (χ3n) is 1.47. The van der Waals surface area contributed by atoms with Crippen molar-refractivity contribution in [1.29, 1.82) is 5.26 Å². The first-order valence-corrected chi connectivity index (χ1v) is 3.51. The van der Waals surface area contributed by atoms with Gasteiger partial charge in [-0.2, -0.15) is 0 Å². The van der Waals surface area contributed by atoms with Gasteiger partial charge in [-0.3, -0.25) is 0 Å². The van der Waals surface area contributed by atoms with Gasteiger partial charge in [0.1, 0.15) is 5.75 Å². The fourth-order valence-corrected chi connectivity index (χ4v) is 0.882. The van der Waals surface area contributed by atoms with Crippen LogP contribution in [0.25, 0.3) is 0 Å². The topological polar surface area (TPSA) is 33.0 Å². The fraction of sp³-hybridized carbons (Fsp3) is 0.222. The maximum Gasteiger partial charge on any atom is 0.292 e. The van der Waals surface area contributed by atoms with E-state index in [2.05, 4.69) is 11.7 Å². The molecule has 56 valence electrons. The minimum absolute atomic E-state index is 0.617. The molecule has 11 heavy (non-hydrogen) atoms. The van der Waals surface area contributed by atoms with Crippen LogP contribution in [-0.2, 0) is 6.42 Å². The molecule has 0 unspecified atom stereocenters. The smallest absolute Gasteiger partial charge is 0.292 e. The Hall–Kier alpha value is -1.49. The Morgan fingerprint density at radius 3 is 3.00 bits per heavy atom. The van der Waals surface area contributed by atoms with Crippen LogP contribution in [0.2, 0.25) is 0 Å². The third-order valence-corrected chi connectivity index (χ3v) is 1.47. The minimum atomic E-state index is 0.617. The largest absolute Gasteiger partial charge is 0.388 e. The standard InChI is InChI=1S/C9H9NO/c1-2-8-4-3-5-9(6-8)11-7-10/h3-6H,2H2,1H3. The summed E-state index contributed by atoms with van der Waals surface area (Å²) in [5, 5.41) is 8.21. The number of ether oxygens (including phenoxy) is 1. The Labute approximate surface area is 66.0 Å². The van der Waals surface area contributed by atoms with Crippen molar-refractivity contribution in [2.75, 3.05) is 0 Å². The summed E-state index contributed by atoms with van der Waals surface area (Å²) in [6, 6.07) is 7.52. The van der Waals surface area contributed by atoms with Gasteiger partial charge in [0.25, 0.3) is 6.26 Å². The molecule has 0 spiro atoms. The summed E-state index contributed by atoms with van der Waals surface area (Å²) in [6.07, 6.45) is 2.60. The molecule has 0 amide bonds. The summed E-state index contributed by atoms with van der Waals surface area (Å²) in [7, 11) is 0. The van der Waals surface area contributed by atoms with Crippen LogP contribution in [0.1, 0.15) is 12.5 Å². The van der Waals surface area contributed by atoms with Crippen molar-refractivity contribution in [3.8, 4) is 12.0 Å². The lowest BCUT2D eigenvalue weighted by Crippen LogP contribution is -1.84. The van der Waals surface area contributed by atoms with Gasteiger partial charge in [0, 0.05) is 0 Å². The minimum Gasteiger partial charge on any atom is -0.388 e. The molecule has 0 radical (unpaired) electrons. The molecule has 0 bridgehead atoms. The van der Waals surface area contributed by atoms with E-state index >= 15 is 0 Å². The molecule has 0 aromatic heterocycles. The average Bonchev–Trinajstić information content (AvgIpc) is 2.06. The first-order valence-electron chi connectivity index (χ1n) is 3.51. The summed E-state index contributed by atoms with van der Waals surface area (Å²) >= 11 is 0. The lowest BCUT2D eigenvalue weighted by atomic mass is 10.2. The van der Waals surface area contributed by atoms with Crippen molar-refractivity contribution in [3.63, 3.8) is 0 Å². The zero-order valence-corrected chi connectivity index (χ0v) is 6.37. The molecule has 2 nitrogen and oxygen atoms in total. The number of hydrogen-bond donors (Lipinski definition) is 0. The summed E-state index contributed by atoms with van der Waals surface area (Å²) < 4.78 is 4.65. The van der Waals surface area contributed by atoms with Crippen LogP contribution in [0, 0.1) is 11.5 Å². The van der Waals surface area contributed by atoms with E-state index in [0.717, 1.165) is 6.42 Å². The van der Waals surface area contributed by atoms with Crippen LogP contribution in [-0.4, -0.2) is 0 Å². The summed E-state index contributed by atoms with van der Waals surface area (Å²) in [5.41, 5.74) is 1.18. The van der Waals surface area contributed by atoms with E-state index in [-0.39, 0.29) is 0 Å². The Kier molecular flexibility index (Phi) is 2.51. The van der Waals surface area contributed by atoms with Gasteiger partial charge >= 0.3 is 0 Å². The Morgan fingerprint density at radius 1 is 1.55 bits per heavy atom. The van der Waals surface area contributed by atoms with Gasteiger partial charge in [0.05, 0.1) is 0 Å². The van der Waals surface area contributed by atoms with Crippen LogP contribution in [0.4, 0.5) is 0 Å². The van der Waals surface area contributed by atoms with Gasteiger partial charge in [-0.1, -0.05) is 19.1 Å². The van der Waals surface area contributed by atoms with Gasteiger partial charge in [0.15, 0.2) is 0 Å². The monoisotopic (exact) mass is 147 g/mol. The van der Waals surface area contributed by atoms with Crippen LogP contribution in [0.15, 0.2) is 24.3 Å². The predicted molar refractivity (Wildman–Crippen MR) is 42.1 cm³/mol. The summed E-state index contributed by atoms with van der Waals surface area (Å²) in [4.78, 5) is 0. The number of aryl methyl sites for hydroxylation is 1. The first kappa shape index (κ1) is 7.62. The molecule has 0 aliphatic rings. The molecular formula is C9H9NO. The highest BCUT2D eigenvalue weighted by Gasteiger charge is 1.92. The van der Waals surface area contributed by atoms with Gasteiger partial charge in [-0.25, -0.2) is 0 Å². The predicted octanol–water partition coefficient (Wildman–Crippen LogP) is 2.11. The number of nitrogens with zero attached hydrogens (tertiary/aromatic N) is 1. The third kappa shape index (κ3) is 1.98. The van der Waals surface area contributed by atoms with Gasteiger partial charge < -0.3 is 4.74 Å². The lowest BCUT2D eigenvalue weighted by molar-refractivity contribution is 0.506. The maximum absolute atomic E-state index is 8.21. The fourth-order valence-electron chi connectivity index (χ4n) is 0.882. The van der Waals surface area contributed by atoms with Crippen molar-refractivity contribution >= 4 is 0 Å². The molecule has 1 aromatic rings. The first-order chi connectivity index (χ1) is 5.36. The average molecular weight is 147 g/mol. The molecule has 0 saturated carbocycles. The van der Waals surface area contributed by atoms with Crippen LogP contribution in [0.3, 0.4) is 0 Å². The van der Waals surface area contributed by atoms with Crippen molar-refractivity contribution in [2.24, 2.45) is 0 Å². The maximum atomic E-state index is 8.21. The Balaban J connectivity index is 2.84. The number of hydrogen-bond acceptors (Lipinski definition) is 2. The second-order valence-corrected chi connectivity index (χ2v) is 2.19. The van der Waals surface area contributed by atoms with Crippen LogP contribution >= 0.6 is 0 Å². The summed E-state index contributed by atoms with van der Waals surface area (Å²) in [5.74, 6) is 0.617. The zero-order valence-electron chi connectivity index (χ0n) is 6.37. The molecule has 0 heterocycles. The molecule has 0 atom stereocenters. The van der Waals surface area contributed by atoms with Crippen molar-refractivity contribution in [3.05, 3.63) is 29.8 Å². The number of rotatable bonds is 2. The molecule has 0 saturated heterocycles. The molecule has 0 aliphatic carbocycles.